The second-order valence-electron chi connectivity index (χ2n) is 4.39. The summed E-state index contributed by atoms with van der Waals surface area (Å²) in [5.74, 6) is 1.67. The highest BCUT2D eigenvalue weighted by atomic mass is 35.5. The predicted octanol–water partition coefficient (Wildman–Crippen LogP) is 3.81. The van der Waals surface area contributed by atoms with Gasteiger partial charge in [-0.05, 0) is 44.7 Å². The van der Waals surface area contributed by atoms with E-state index in [-0.39, 0.29) is 0 Å². The fourth-order valence-corrected chi connectivity index (χ4v) is 1.65. The topological polar surface area (TPSA) is 12.0 Å². The van der Waals surface area contributed by atoms with Crippen LogP contribution in [0, 0.1) is 5.92 Å². The van der Waals surface area contributed by atoms with Gasteiger partial charge in [0.15, 0.2) is 0 Å². The summed E-state index contributed by atoms with van der Waals surface area (Å²) in [5.41, 5.74) is 0. The zero-order valence-corrected chi connectivity index (χ0v) is 10.6. The molecule has 0 aromatic heterocycles. The Bertz CT molecular complexity index is 104. The number of hydrogen-bond donors (Lipinski definition) is 1. The number of alkyl halides is 1. The van der Waals surface area contributed by atoms with Gasteiger partial charge in [0.05, 0.1) is 0 Å². The third-order valence-corrected chi connectivity index (χ3v) is 2.64. The Morgan fingerprint density at radius 2 is 1.57 bits per heavy atom. The summed E-state index contributed by atoms with van der Waals surface area (Å²) < 4.78 is 0. The molecule has 0 atom stereocenters. The van der Waals surface area contributed by atoms with Gasteiger partial charge in [-0.2, -0.15) is 0 Å². The first-order chi connectivity index (χ1) is 6.77. The average Bonchev–Trinajstić information content (AvgIpc) is 2.15. The maximum Gasteiger partial charge on any atom is 0.0223 e. The lowest BCUT2D eigenvalue weighted by Crippen LogP contribution is -2.17. The number of nitrogens with one attached hydrogen (secondary N) is 1. The molecule has 0 radical (unpaired) electrons. The Balaban J connectivity index is 2.85. The van der Waals surface area contributed by atoms with Crippen LogP contribution in [0.2, 0.25) is 0 Å². The van der Waals surface area contributed by atoms with Gasteiger partial charge in [-0.1, -0.05) is 26.7 Å². The lowest BCUT2D eigenvalue weighted by Gasteiger charge is -2.06. The van der Waals surface area contributed by atoms with E-state index in [1.807, 2.05) is 0 Å². The highest BCUT2D eigenvalue weighted by molar-refractivity contribution is 6.17. The van der Waals surface area contributed by atoms with Crippen LogP contribution in [0.3, 0.4) is 0 Å². The zero-order valence-electron chi connectivity index (χ0n) is 9.82. The summed E-state index contributed by atoms with van der Waals surface area (Å²) in [4.78, 5) is 0. The second-order valence-corrected chi connectivity index (χ2v) is 4.77. The van der Waals surface area contributed by atoms with Gasteiger partial charge in [-0.3, -0.25) is 0 Å². The Morgan fingerprint density at radius 3 is 2.21 bits per heavy atom. The van der Waals surface area contributed by atoms with Crippen LogP contribution in [0.4, 0.5) is 0 Å². The molecule has 1 nitrogen and oxygen atoms in total. The molecule has 0 aromatic rings. The summed E-state index contributed by atoms with van der Waals surface area (Å²) in [5, 5.41) is 3.48. The second kappa shape index (κ2) is 11.3. The van der Waals surface area contributed by atoms with Gasteiger partial charge in [0.1, 0.15) is 0 Å². The Morgan fingerprint density at radius 1 is 0.929 bits per heavy atom. The molecule has 0 aromatic carbocycles. The fourth-order valence-electron chi connectivity index (χ4n) is 1.46. The van der Waals surface area contributed by atoms with E-state index in [9.17, 15) is 0 Å². The van der Waals surface area contributed by atoms with E-state index >= 15 is 0 Å². The molecule has 0 bridgehead atoms. The molecule has 1 N–H and O–H groups in total. The summed E-state index contributed by atoms with van der Waals surface area (Å²) in [7, 11) is 0. The van der Waals surface area contributed by atoms with Crippen molar-refractivity contribution >= 4 is 11.6 Å². The quantitative estimate of drug-likeness (QED) is 0.435. The SMILES string of the molecule is CC(C)CCCNCCCCCCCl. The summed E-state index contributed by atoms with van der Waals surface area (Å²) in [6.45, 7) is 6.94. The molecule has 0 unspecified atom stereocenters. The lowest BCUT2D eigenvalue weighted by atomic mass is 10.1. The van der Waals surface area contributed by atoms with Crippen LogP contribution in [0.15, 0.2) is 0 Å². The van der Waals surface area contributed by atoms with Gasteiger partial charge in [-0.25, -0.2) is 0 Å². The molecule has 0 fully saturated rings. The first kappa shape index (κ1) is 14.2. The van der Waals surface area contributed by atoms with E-state index in [1.165, 1.54) is 51.6 Å². The molecular formula is C12H26ClN. The number of rotatable bonds is 10. The third-order valence-electron chi connectivity index (χ3n) is 2.37. The van der Waals surface area contributed by atoms with Crippen molar-refractivity contribution in [2.24, 2.45) is 5.92 Å². The van der Waals surface area contributed by atoms with E-state index in [0.29, 0.717) is 0 Å². The minimum absolute atomic E-state index is 0.821. The van der Waals surface area contributed by atoms with Crippen LogP contribution in [-0.4, -0.2) is 19.0 Å². The van der Waals surface area contributed by atoms with Crippen molar-refractivity contribution in [3.05, 3.63) is 0 Å². The molecule has 14 heavy (non-hydrogen) atoms. The molecule has 0 saturated carbocycles. The maximum atomic E-state index is 5.60. The van der Waals surface area contributed by atoms with Crippen molar-refractivity contribution in [3.63, 3.8) is 0 Å². The van der Waals surface area contributed by atoms with Crippen molar-refractivity contribution in [3.8, 4) is 0 Å². The first-order valence-electron chi connectivity index (χ1n) is 6.04. The molecule has 2 heteroatoms. The van der Waals surface area contributed by atoms with Crippen LogP contribution in [-0.2, 0) is 0 Å². The molecule has 0 heterocycles. The zero-order chi connectivity index (χ0) is 10.6. The molecule has 0 spiro atoms. The van der Waals surface area contributed by atoms with Crippen molar-refractivity contribution in [2.45, 2.75) is 52.4 Å². The van der Waals surface area contributed by atoms with Crippen LogP contribution >= 0.6 is 11.6 Å². The minimum Gasteiger partial charge on any atom is -0.317 e. The maximum absolute atomic E-state index is 5.60. The first-order valence-corrected chi connectivity index (χ1v) is 6.57. The van der Waals surface area contributed by atoms with Gasteiger partial charge < -0.3 is 5.32 Å². The van der Waals surface area contributed by atoms with Gasteiger partial charge in [0.2, 0.25) is 0 Å². The smallest absolute Gasteiger partial charge is 0.0223 e. The van der Waals surface area contributed by atoms with Gasteiger partial charge in [0.25, 0.3) is 0 Å². The summed E-state index contributed by atoms with van der Waals surface area (Å²) in [6.07, 6.45) is 7.76. The molecular weight excluding hydrogens is 194 g/mol. The molecule has 0 aliphatic carbocycles. The largest absolute Gasteiger partial charge is 0.317 e. The van der Waals surface area contributed by atoms with E-state index in [1.54, 1.807) is 0 Å². The van der Waals surface area contributed by atoms with Crippen molar-refractivity contribution in [1.82, 2.24) is 5.32 Å². The Labute approximate surface area is 94.6 Å². The normalized spacial score (nSPS) is 11.1. The van der Waals surface area contributed by atoms with Crippen molar-refractivity contribution in [2.75, 3.05) is 19.0 Å². The van der Waals surface area contributed by atoms with E-state index in [4.69, 9.17) is 11.6 Å². The van der Waals surface area contributed by atoms with E-state index in [0.717, 1.165) is 11.8 Å². The summed E-state index contributed by atoms with van der Waals surface area (Å²) >= 11 is 5.60. The Hall–Kier alpha value is 0.250. The highest BCUT2D eigenvalue weighted by Gasteiger charge is 1.93. The van der Waals surface area contributed by atoms with Gasteiger partial charge in [-0.15, -0.1) is 11.6 Å². The molecule has 0 aliphatic rings. The molecule has 0 rings (SSSR count). The van der Waals surface area contributed by atoms with Crippen LogP contribution in [0.1, 0.15) is 52.4 Å². The molecule has 0 saturated heterocycles. The molecule has 0 aliphatic heterocycles. The van der Waals surface area contributed by atoms with E-state index < -0.39 is 0 Å². The average molecular weight is 220 g/mol. The van der Waals surface area contributed by atoms with Crippen LogP contribution in [0.25, 0.3) is 0 Å². The van der Waals surface area contributed by atoms with Gasteiger partial charge in [0, 0.05) is 5.88 Å². The van der Waals surface area contributed by atoms with Gasteiger partial charge >= 0.3 is 0 Å². The predicted molar refractivity (Wildman–Crippen MR) is 66.1 cm³/mol. The van der Waals surface area contributed by atoms with Crippen molar-refractivity contribution < 1.29 is 0 Å². The Kier molecular flexibility index (Phi) is 11.5. The third kappa shape index (κ3) is 12.2. The number of hydrogen-bond acceptors (Lipinski definition) is 1. The minimum atomic E-state index is 0.821. The monoisotopic (exact) mass is 219 g/mol. The number of unbranched alkanes of at least 4 members (excludes halogenated alkanes) is 3. The summed E-state index contributed by atoms with van der Waals surface area (Å²) in [6, 6.07) is 0. The van der Waals surface area contributed by atoms with Crippen LogP contribution < -0.4 is 5.32 Å². The highest BCUT2D eigenvalue weighted by Crippen LogP contribution is 2.02. The molecule has 0 amide bonds. The fraction of sp³-hybridized carbons (Fsp3) is 1.00. The standard InChI is InChI=1S/C12H26ClN/c1-12(2)8-7-11-14-10-6-4-3-5-9-13/h12,14H,3-11H2,1-2H3. The van der Waals surface area contributed by atoms with Crippen LogP contribution in [0.5, 0.6) is 0 Å². The van der Waals surface area contributed by atoms with Crippen molar-refractivity contribution in [1.29, 1.82) is 0 Å². The molecule has 86 valence electrons. The lowest BCUT2D eigenvalue weighted by molar-refractivity contribution is 0.518. The van der Waals surface area contributed by atoms with E-state index in [2.05, 4.69) is 19.2 Å². The number of halogens is 1.